The van der Waals surface area contributed by atoms with Gasteiger partial charge in [0, 0.05) is 26.2 Å². The number of aromatic nitrogens is 2. The van der Waals surface area contributed by atoms with Crippen LogP contribution in [-0.4, -0.2) is 53.0 Å². The average molecular weight is 378 g/mol. The molecule has 0 unspecified atom stereocenters. The molecule has 1 saturated heterocycles. The quantitative estimate of drug-likeness (QED) is 0.733. The summed E-state index contributed by atoms with van der Waals surface area (Å²) in [4.78, 5) is 37.3. The van der Waals surface area contributed by atoms with Crippen LogP contribution in [0.15, 0.2) is 62.5 Å². The Morgan fingerprint density at radius 3 is 2.43 bits per heavy atom. The van der Waals surface area contributed by atoms with Crippen LogP contribution in [0, 0.1) is 0 Å². The maximum atomic E-state index is 12.8. The van der Waals surface area contributed by atoms with Gasteiger partial charge in [0.1, 0.15) is 0 Å². The Bertz CT molecular complexity index is 1180. The lowest BCUT2D eigenvalue weighted by Gasteiger charge is -2.31. The summed E-state index contributed by atoms with van der Waals surface area (Å²) in [6, 6.07) is 13.9. The van der Waals surface area contributed by atoms with Gasteiger partial charge in [-0.05, 0) is 31.3 Å². The molecule has 1 fully saturated rings. The smallest absolute Gasteiger partial charge is 0.346 e. The van der Waals surface area contributed by atoms with Crippen molar-refractivity contribution in [3.63, 3.8) is 0 Å². The molecule has 0 amide bonds. The van der Waals surface area contributed by atoms with Crippen LogP contribution in [0.5, 0.6) is 0 Å². The third-order valence-corrected chi connectivity index (χ3v) is 4.95. The zero-order valence-electron chi connectivity index (χ0n) is 15.7. The Balaban J connectivity index is 1.96. The fourth-order valence-corrected chi connectivity index (χ4v) is 3.31. The van der Waals surface area contributed by atoms with Gasteiger partial charge in [0.15, 0.2) is 0 Å². The van der Waals surface area contributed by atoms with Crippen molar-refractivity contribution < 1.29 is 4.42 Å². The molecule has 4 rings (SSSR count). The van der Waals surface area contributed by atoms with Crippen LogP contribution in [0.25, 0.3) is 21.8 Å². The van der Waals surface area contributed by atoms with Crippen LogP contribution in [0.2, 0.25) is 0 Å². The standard InChI is InChI=1S/C21H22N4O3/c1-24-10-12-25(13-11-24)14-19-22-17-8-4-2-6-15(17)20(26)23-18-9-5-3-7-16(18)21(27)28-19/h2-9H,10-14H2,1H3,(H,23,26). The lowest BCUT2D eigenvalue weighted by Crippen LogP contribution is -2.44. The summed E-state index contributed by atoms with van der Waals surface area (Å²) in [6.07, 6.45) is 0. The SMILES string of the molecule is CN1CCN(Cc2nc3ccccc3c(=O)[nH]c3ccccc3c(=O)o2)CC1. The summed E-state index contributed by atoms with van der Waals surface area (Å²) in [5.74, 6) is 0.298. The molecule has 7 heteroatoms. The number of hydrogen-bond acceptors (Lipinski definition) is 6. The van der Waals surface area contributed by atoms with E-state index in [2.05, 4.69) is 26.8 Å². The summed E-state index contributed by atoms with van der Waals surface area (Å²) in [5, 5.41) is 0.743. The Morgan fingerprint density at radius 1 is 0.964 bits per heavy atom. The number of hydrogen-bond donors (Lipinski definition) is 1. The van der Waals surface area contributed by atoms with Gasteiger partial charge in [-0.3, -0.25) is 9.69 Å². The third kappa shape index (κ3) is 3.95. The molecule has 1 aliphatic heterocycles. The molecule has 2 heterocycles. The number of rotatable bonds is 2. The summed E-state index contributed by atoms with van der Waals surface area (Å²) in [5.41, 5.74) is 0.0769. The summed E-state index contributed by atoms with van der Waals surface area (Å²) < 4.78 is 5.68. The molecular formula is C21H22N4O3. The number of H-pyrrole nitrogens is 1. The monoisotopic (exact) mass is 378 g/mol. The molecule has 1 aliphatic rings. The molecule has 1 N–H and O–H groups in total. The Labute approximate surface area is 161 Å². The maximum absolute atomic E-state index is 12.8. The van der Waals surface area contributed by atoms with Crippen molar-refractivity contribution in [1.82, 2.24) is 19.8 Å². The summed E-state index contributed by atoms with van der Waals surface area (Å²) in [6.45, 7) is 4.04. The van der Waals surface area contributed by atoms with Crippen molar-refractivity contribution in [3.05, 3.63) is 75.2 Å². The molecule has 0 aliphatic carbocycles. The second kappa shape index (κ2) is 7.92. The normalized spacial score (nSPS) is 15.6. The number of nitrogens with zero attached hydrogens (tertiary/aromatic N) is 3. The second-order valence-electron chi connectivity index (χ2n) is 6.99. The topological polar surface area (TPSA) is 82.4 Å². The van der Waals surface area contributed by atoms with Crippen molar-refractivity contribution in [1.29, 1.82) is 0 Å². The van der Waals surface area contributed by atoms with Gasteiger partial charge in [-0.15, -0.1) is 0 Å². The van der Waals surface area contributed by atoms with E-state index in [9.17, 15) is 9.59 Å². The van der Waals surface area contributed by atoms with Gasteiger partial charge in [-0.25, -0.2) is 9.78 Å². The number of nitrogens with one attached hydrogen (secondary N) is 1. The van der Waals surface area contributed by atoms with E-state index in [0.29, 0.717) is 34.2 Å². The molecule has 0 saturated carbocycles. The fourth-order valence-electron chi connectivity index (χ4n) is 3.31. The molecule has 1 aromatic heterocycles. The summed E-state index contributed by atoms with van der Waals surface area (Å²) in [7, 11) is 2.09. The number of benzene rings is 2. The lowest BCUT2D eigenvalue weighted by atomic mass is 10.2. The van der Waals surface area contributed by atoms with E-state index in [1.165, 1.54) is 0 Å². The van der Waals surface area contributed by atoms with Crippen LogP contribution in [0.1, 0.15) is 5.89 Å². The number of piperazine rings is 1. The Kier molecular flexibility index (Phi) is 5.18. The van der Waals surface area contributed by atoms with Crippen LogP contribution in [0.4, 0.5) is 0 Å². The van der Waals surface area contributed by atoms with Crippen molar-refractivity contribution in [2.75, 3.05) is 33.2 Å². The molecule has 0 atom stereocenters. The zero-order valence-corrected chi connectivity index (χ0v) is 15.7. The molecule has 0 bridgehead atoms. The lowest BCUT2D eigenvalue weighted by molar-refractivity contribution is 0.137. The van der Waals surface area contributed by atoms with Crippen molar-refractivity contribution >= 4 is 21.8 Å². The molecule has 3 aromatic rings. The first-order valence-electron chi connectivity index (χ1n) is 9.30. The molecule has 0 spiro atoms. The fraction of sp³-hybridized carbons (Fsp3) is 0.286. The van der Waals surface area contributed by atoms with E-state index >= 15 is 0 Å². The zero-order chi connectivity index (χ0) is 19.5. The number of para-hydroxylation sites is 2. The van der Waals surface area contributed by atoms with E-state index in [-0.39, 0.29) is 5.56 Å². The predicted octanol–water partition coefficient (Wildman–Crippen LogP) is 1.90. The maximum Gasteiger partial charge on any atom is 0.346 e. The number of aromatic amines is 1. The third-order valence-electron chi connectivity index (χ3n) is 4.95. The average Bonchev–Trinajstić information content (AvgIpc) is 2.70. The van der Waals surface area contributed by atoms with Crippen molar-refractivity contribution in [3.8, 4) is 0 Å². The first-order chi connectivity index (χ1) is 13.6. The van der Waals surface area contributed by atoms with Crippen LogP contribution in [-0.2, 0) is 6.54 Å². The van der Waals surface area contributed by atoms with Crippen molar-refractivity contribution in [2.24, 2.45) is 0 Å². The first kappa shape index (κ1) is 18.3. The minimum Gasteiger partial charge on any atom is -0.406 e. The van der Waals surface area contributed by atoms with E-state index in [1.807, 2.05) is 6.07 Å². The van der Waals surface area contributed by atoms with E-state index < -0.39 is 5.63 Å². The highest BCUT2D eigenvalue weighted by molar-refractivity contribution is 5.79. The van der Waals surface area contributed by atoms with Crippen LogP contribution < -0.4 is 11.2 Å². The highest BCUT2D eigenvalue weighted by Gasteiger charge is 2.15. The highest BCUT2D eigenvalue weighted by atomic mass is 16.4. The Morgan fingerprint density at radius 2 is 1.64 bits per heavy atom. The second-order valence-corrected chi connectivity index (χ2v) is 6.99. The van der Waals surface area contributed by atoms with Crippen LogP contribution in [0.3, 0.4) is 0 Å². The van der Waals surface area contributed by atoms with E-state index in [0.717, 1.165) is 26.2 Å². The van der Waals surface area contributed by atoms with Gasteiger partial charge in [0.05, 0.1) is 28.4 Å². The molecule has 28 heavy (non-hydrogen) atoms. The molecule has 7 nitrogen and oxygen atoms in total. The molecular weight excluding hydrogens is 356 g/mol. The molecule has 144 valence electrons. The van der Waals surface area contributed by atoms with Gasteiger partial charge in [-0.1, -0.05) is 24.3 Å². The largest absolute Gasteiger partial charge is 0.406 e. The molecule has 0 radical (unpaired) electrons. The van der Waals surface area contributed by atoms with Gasteiger partial charge in [0.25, 0.3) is 5.56 Å². The van der Waals surface area contributed by atoms with Gasteiger partial charge < -0.3 is 14.3 Å². The molecule has 2 aromatic carbocycles. The van der Waals surface area contributed by atoms with Gasteiger partial charge in [0.2, 0.25) is 5.89 Å². The number of fused-ring (bicyclic) bond motifs is 2. The minimum atomic E-state index is -0.525. The van der Waals surface area contributed by atoms with Crippen molar-refractivity contribution in [2.45, 2.75) is 6.54 Å². The Hall–Kier alpha value is -3.03. The van der Waals surface area contributed by atoms with Gasteiger partial charge >= 0.3 is 5.63 Å². The predicted molar refractivity (Wildman–Crippen MR) is 109 cm³/mol. The summed E-state index contributed by atoms with van der Waals surface area (Å²) >= 11 is 0. The van der Waals surface area contributed by atoms with E-state index in [4.69, 9.17) is 4.42 Å². The first-order valence-corrected chi connectivity index (χ1v) is 9.30. The van der Waals surface area contributed by atoms with Crippen LogP contribution >= 0.6 is 0 Å². The van der Waals surface area contributed by atoms with Gasteiger partial charge in [-0.2, -0.15) is 0 Å². The minimum absolute atomic E-state index is 0.298. The highest BCUT2D eigenvalue weighted by Crippen LogP contribution is 2.09. The number of likely N-dealkylation sites (N-methyl/N-ethyl adjacent to an activating group) is 1. The van der Waals surface area contributed by atoms with E-state index in [1.54, 1.807) is 42.5 Å².